The van der Waals surface area contributed by atoms with E-state index < -0.39 is 6.04 Å². The summed E-state index contributed by atoms with van der Waals surface area (Å²) in [4.78, 5) is 29.1. The van der Waals surface area contributed by atoms with Crippen molar-refractivity contribution < 1.29 is 23.8 Å². The first-order valence-electron chi connectivity index (χ1n) is 9.75. The van der Waals surface area contributed by atoms with Gasteiger partial charge in [0.05, 0.1) is 27.4 Å². The van der Waals surface area contributed by atoms with Crippen LogP contribution in [0.3, 0.4) is 0 Å². The molecular weight excluding hydrogens is 394 g/mol. The van der Waals surface area contributed by atoms with Crippen LogP contribution < -0.4 is 14.8 Å². The number of ether oxygens (including phenoxy) is 3. The van der Waals surface area contributed by atoms with Crippen LogP contribution in [0, 0.1) is 0 Å². The minimum Gasteiger partial charge on any atom is -0.493 e. The summed E-state index contributed by atoms with van der Waals surface area (Å²) in [7, 11) is 3.16. The summed E-state index contributed by atoms with van der Waals surface area (Å²) in [6, 6.07) is 5.11. The Bertz CT molecular complexity index is 726. The zero-order chi connectivity index (χ0) is 20.8. The normalized spacial score (nSPS) is 22.4. The molecule has 1 N–H and O–H groups in total. The number of hydrogen-bond donors (Lipinski definition) is 1. The van der Waals surface area contributed by atoms with Gasteiger partial charge in [-0.15, -0.1) is 11.8 Å². The molecule has 160 valence electrons. The average Bonchev–Trinajstić information content (AvgIpc) is 3.19. The molecule has 2 saturated heterocycles. The monoisotopic (exact) mass is 423 g/mol. The first-order valence-corrected chi connectivity index (χ1v) is 10.8. The maximum absolute atomic E-state index is 12.8. The number of amides is 2. The van der Waals surface area contributed by atoms with Gasteiger partial charge in [0, 0.05) is 38.9 Å². The number of carbonyl (C=O) groups is 2. The Balaban J connectivity index is 1.64. The largest absolute Gasteiger partial charge is 0.493 e. The van der Waals surface area contributed by atoms with E-state index in [0.717, 1.165) is 38.4 Å². The smallest absolute Gasteiger partial charge is 0.243 e. The Morgan fingerprint density at radius 3 is 2.59 bits per heavy atom. The van der Waals surface area contributed by atoms with Crippen LogP contribution in [0.5, 0.6) is 11.5 Å². The summed E-state index contributed by atoms with van der Waals surface area (Å²) in [5, 5.41) is 2.76. The van der Waals surface area contributed by atoms with E-state index in [4.69, 9.17) is 14.2 Å². The van der Waals surface area contributed by atoms with E-state index in [-0.39, 0.29) is 17.2 Å². The molecule has 3 rings (SSSR count). The van der Waals surface area contributed by atoms with Gasteiger partial charge in [0.1, 0.15) is 11.4 Å². The van der Waals surface area contributed by atoms with Crippen molar-refractivity contribution in [2.75, 3.05) is 59.4 Å². The van der Waals surface area contributed by atoms with Crippen molar-refractivity contribution >= 4 is 23.6 Å². The highest BCUT2D eigenvalue weighted by atomic mass is 32.2. The van der Waals surface area contributed by atoms with Crippen LogP contribution in [-0.4, -0.2) is 87.0 Å². The molecule has 2 heterocycles. The molecule has 2 fully saturated rings. The first kappa shape index (κ1) is 21.7. The van der Waals surface area contributed by atoms with E-state index in [2.05, 4.69) is 10.2 Å². The zero-order valence-electron chi connectivity index (χ0n) is 17.2. The third kappa shape index (κ3) is 5.15. The number of thioether (sulfide) groups is 1. The number of hydrogen-bond acceptors (Lipinski definition) is 7. The van der Waals surface area contributed by atoms with E-state index in [1.807, 2.05) is 18.2 Å². The Kier molecular flexibility index (Phi) is 7.63. The predicted octanol–water partition coefficient (Wildman–Crippen LogP) is 1.11. The van der Waals surface area contributed by atoms with Gasteiger partial charge >= 0.3 is 0 Å². The quantitative estimate of drug-likeness (QED) is 0.704. The molecule has 0 aromatic heterocycles. The van der Waals surface area contributed by atoms with Crippen molar-refractivity contribution in [2.45, 2.75) is 18.3 Å². The second-order valence-electron chi connectivity index (χ2n) is 6.99. The van der Waals surface area contributed by atoms with Crippen LogP contribution in [0.1, 0.15) is 17.9 Å². The Morgan fingerprint density at radius 1 is 1.21 bits per heavy atom. The third-order valence-electron chi connectivity index (χ3n) is 5.19. The summed E-state index contributed by atoms with van der Waals surface area (Å²) in [5.74, 6) is 1.56. The highest BCUT2D eigenvalue weighted by Crippen LogP contribution is 2.43. The number of nitrogens with zero attached hydrogens (tertiary/aromatic N) is 2. The van der Waals surface area contributed by atoms with Crippen molar-refractivity contribution in [2.24, 2.45) is 0 Å². The van der Waals surface area contributed by atoms with Gasteiger partial charge in [0.25, 0.3) is 0 Å². The Labute approximate surface area is 175 Å². The lowest BCUT2D eigenvalue weighted by molar-refractivity contribution is -0.138. The maximum Gasteiger partial charge on any atom is 0.243 e. The first-order chi connectivity index (χ1) is 14.0. The van der Waals surface area contributed by atoms with E-state index >= 15 is 0 Å². The van der Waals surface area contributed by atoms with Crippen LogP contribution in [0.15, 0.2) is 18.2 Å². The summed E-state index contributed by atoms with van der Waals surface area (Å²) in [5.41, 5.74) is 0.909. The second kappa shape index (κ2) is 10.2. The molecule has 2 atom stereocenters. The van der Waals surface area contributed by atoms with Crippen molar-refractivity contribution in [3.05, 3.63) is 23.8 Å². The van der Waals surface area contributed by atoms with Crippen LogP contribution in [0.4, 0.5) is 0 Å². The molecule has 0 radical (unpaired) electrons. The molecular formula is C20H29N3O5S. The molecule has 0 saturated carbocycles. The molecule has 2 aliphatic heterocycles. The summed E-state index contributed by atoms with van der Waals surface area (Å²) >= 11 is 1.58. The summed E-state index contributed by atoms with van der Waals surface area (Å²) in [6.07, 6.45) is 0. The fourth-order valence-electron chi connectivity index (χ4n) is 3.64. The number of benzene rings is 1. The molecule has 2 aliphatic rings. The van der Waals surface area contributed by atoms with Crippen molar-refractivity contribution in [1.29, 1.82) is 0 Å². The predicted molar refractivity (Wildman–Crippen MR) is 111 cm³/mol. The number of methoxy groups -OCH3 is 2. The van der Waals surface area contributed by atoms with E-state index in [9.17, 15) is 9.59 Å². The van der Waals surface area contributed by atoms with Crippen LogP contribution in [0.25, 0.3) is 0 Å². The number of morpholine rings is 1. The van der Waals surface area contributed by atoms with Crippen LogP contribution in [0.2, 0.25) is 0 Å². The van der Waals surface area contributed by atoms with Gasteiger partial charge in [-0.2, -0.15) is 0 Å². The van der Waals surface area contributed by atoms with E-state index in [0.29, 0.717) is 23.8 Å². The SMILES string of the molecule is COc1ccc(C2SCC(C(=O)NCCN3CCOCC3)N2C(C)=O)cc1OC. The van der Waals surface area contributed by atoms with Gasteiger partial charge in [-0.3, -0.25) is 14.5 Å². The van der Waals surface area contributed by atoms with Crippen molar-refractivity contribution in [3.63, 3.8) is 0 Å². The minimum atomic E-state index is -0.486. The summed E-state index contributed by atoms with van der Waals surface area (Å²) in [6.45, 7) is 6.09. The molecule has 9 heteroatoms. The molecule has 8 nitrogen and oxygen atoms in total. The lowest BCUT2D eigenvalue weighted by Gasteiger charge is -2.29. The minimum absolute atomic E-state index is 0.107. The van der Waals surface area contributed by atoms with Crippen molar-refractivity contribution in [1.82, 2.24) is 15.1 Å². The molecule has 1 aromatic rings. The molecule has 0 bridgehead atoms. The van der Waals surface area contributed by atoms with Gasteiger partial charge in [0.15, 0.2) is 11.5 Å². The van der Waals surface area contributed by atoms with Gasteiger partial charge < -0.3 is 24.4 Å². The standard InChI is InChI=1S/C20H29N3O5S/c1-14(24)23-16(19(25)21-6-7-22-8-10-28-11-9-22)13-29-20(23)15-4-5-17(26-2)18(12-15)27-3/h4-5,12,16,20H,6-11,13H2,1-3H3,(H,21,25). The number of nitrogens with one attached hydrogen (secondary N) is 1. The molecule has 1 aromatic carbocycles. The highest BCUT2D eigenvalue weighted by molar-refractivity contribution is 7.99. The van der Waals surface area contributed by atoms with Gasteiger partial charge in [-0.05, 0) is 17.7 Å². The maximum atomic E-state index is 12.8. The third-order valence-corrected chi connectivity index (χ3v) is 6.51. The van der Waals surface area contributed by atoms with E-state index in [1.54, 1.807) is 30.9 Å². The molecule has 29 heavy (non-hydrogen) atoms. The Hall–Kier alpha value is -1.97. The lowest BCUT2D eigenvalue weighted by Crippen LogP contribution is -2.49. The zero-order valence-corrected chi connectivity index (χ0v) is 18.0. The van der Waals surface area contributed by atoms with Crippen LogP contribution in [-0.2, 0) is 14.3 Å². The van der Waals surface area contributed by atoms with Gasteiger partial charge in [0.2, 0.25) is 11.8 Å². The Morgan fingerprint density at radius 2 is 1.93 bits per heavy atom. The topological polar surface area (TPSA) is 80.3 Å². The number of rotatable bonds is 7. The summed E-state index contributed by atoms with van der Waals surface area (Å²) < 4.78 is 16.0. The molecule has 2 amide bonds. The number of carbonyl (C=O) groups excluding carboxylic acids is 2. The van der Waals surface area contributed by atoms with Crippen molar-refractivity contribution in [3.8, 4) is 11.5 Å². The molecule has 2 unspecified atom stereocenters. The molecule has 0 spiro atoms. The van der Waals surface area contributed by atoms with Gasteiger partial charge in [-0.25, -0.2) is 0 Å². The van der Waals surface area contributed by atoms with Gasteiger partial charge in [-0.1, -0.05) is 6.07 Å². The second-order valence-corrected chi connectivity index (χ2v) is 8.10. The fourth-order valence-corrected chi connectivity index (χ4v) is 5.11. The van der Waals surface area contributed by atoms with E-state index in [1.165, 1.54) is 6.92 Å². The van der Waals surface area contributed by atoms with Crippen LogP contribution >= 0.6 is 11.8 Å². The fraction of sp³-hybridized carbons (Fsp3) is 0.600. The average molecular weight is 424 g/mol. The molecule has 0 aliphatic carbocycles. The highest BCUT2D eigenvalue weighted by Gasteiger charge is 2.41. The lowest BCUT2D eigenvalue weighted by atomic mass is 10.1.